The summed E-state index contributed by atoms with van der Waals surface area (Å²) in [4.78, 5) is 26.8. The van der Waals surface area contributed by atoms with Gasteiger partial charge in [0.2, 0.25) is 5.91 Å². The summed E-state index contributed by atoms with van der Waals surface area (Å²) < 4.78 is 9.33. The Morgan fingerprint density at radius 3 is 2.71 bits per heavy atom. The largest absolute Gasteiger partial charge is 0.467 e. The van der Waals surface area contributed by atoms with Gasteiger partial charge in [0.1, 0.15) is 11.8 Å². The topological polar surface area (TPSA) is 97.1 Å². The van der Waals surface area contributed by atoms with Crippen molar-refractivity contribution in [2.45, 2.75) is 43.7 Å². The van der Waals surface area contributed by atoms with Crippen molar-refractivity contribution in [3.8, 4) is 0 Å². The van der Waals surface area contributed by atoms with Gasteiger partial charge in [-0.05, 0) is 48.0 Å². The van der Waals surface area contributed by atoms with E-state index < -0.39 is 12.0 Å². The molecule has 4 rings (SSSR count). The molecule has 2 N–H and O–H groups in total. The predicted molar refractivity (Wildman–Crippen MR) is 106 cm³/mol. The Balaban J connectivity index is 1.64. The number of nitrogens with zero attached hydrogens (tertiary/aromatic N) is 2. The van der Waals surface area contributed by atoms with E-state index >= 15 is 0 Å². The Morgan fingerprint density at radius 2 is 2.07 bits per heavy atom. The summed E-state index contributed by atoms with van der Waals surface area (Å²) in [5.41, 5.74) is 0.225. The van der Waals surface area contributed by atoms with Crippen molar-refractivity contribution in [1.29, 1.82) is 0 Å². The Hall–Kier alpha value is -2.52. The normalized spacial score (nSPS) is 16.6. The minimum absolute atomic E-state index is 0.104. The Labute approximate surface area is 170 Å². The van der Waals surface area contributed by atoms with E-state index in [0.29, 0.717) is 5.76 Å². The average molecular weight is 417 g/mol. The molecule has 9 heteroatoms. The first kappa shape index (κ1) is 18.8. The number of thiophene rings is 1. The lowest BCUT2D eigenvalue weighted by molar-refractivity contribution is -0.124. The molecule has 146 valence electrons. The number of carbonyl (C=O) groups excluding carboxylic acids is 2. The van der Waals surface area contributed by atoms with Crippen LogP contribution in [0.15, 0.2) is 45.7 Å². The third kappa shape index (κ3) is 4.15. The van der Waals surface area contributed by atoms with Crippen LogP contribution in [0.3, 0.4) is 0 Å². The fourth-order valence-corrected chi connectivity index (χ4v) is 4.84. The molecule has 1 fully saturated rings. The van der Waals surface area contributed by atoms with E-state index in [0.717, 1.165) is 42.1 Å². The van der Waals surface area contributed by atoms with Gasteiger partial charge in [-0.2, -0.15) is 0 Å². The van der Waals surface area contributed by atoms with Gasteiger partial charge in [-0.3, -0.25) is 9.59 Å². The van der Waals surface area contributed by atoms with E-state index in [9.17, 15) is 9.59 Å². The summed E-state index contributed by atoms with van der Waals surface area (Å²) in [6, 6.07) is 6.87. The maximum Gasteiger partial charge on any atom is 0.273 e. The predicted octanol–water partition coefficient (Wildman–Crippen LogP) is 3.51. The summed E-state index contributed by atoms with van der Waals surface area (Å²) in [7, 11) is 0. The molecule has 3 heterocycles. The van der Waals surface area contributed by atoms with Crippen LogP contribution in [-0.2, 0) is 4.79 Å². The average Bonchev–Trinajstić information content (AvgIpc) is 3.50. The van der Waals surface area contributed by atoms with Gasteiger partial charge in [0.15, 0.2) is 5.69 Å². The molecule has 1 aliphatic rings. The minimum atomic E-state index is -0.649. The lowest BCUT2D eigenvalue weighted by Gasteiger charge is -2.26. The van der Waals surface area contributed by atoms with Crippen molar-refractivity contribution in [3.63, 3.8) is 0 Å². The highest BCUT2D eigenvalue weighted by molar-refractivity contribution is 7.10. The van der Waals surface area contributed by atoms with E-state index in [4.69, 9.17) is 4.42 Å². The number of rotatable bonds is 7. The van der Waals surface area contributed by atoms with Gasteiger partial charge in [0.05, 0.1) is 12.2 Å². The number of hydrogen-bond acceptors (Lipinski definition) is 7. The lowest BCUT2D eigenvalue weighted by Crippen LogP contribution is -2.42. The molecular formula is C19H20N4O3S2. The van der Waals surface area contributed by atoms with Crippen LogP contribution in [0.2, 0.25) is 0 Å². The first-order valence-electron chi connectivity index (χ1n) is 9.17. The SMILES string of the molecule is O=C(NC(c1ccco1)C(C(=O)NC1CCCC1)c1cccs1)c1csnn1. The van der Waals surface area contributed by atoms with Crippen LogP contribution < -0.4 is 10.6 Å². The van der Waals surface area contributed by atoms with Gasteiger partial charge >= 0.3 is 0 Å². The fraction of sp³-hybridized carbons (Fsp3) is 0.368. The lowest BCUT2D eigenvalue weighted by atomic mass is 9.94. The van der Waals surface area contributed by atoms with Gasteiger partial charge in [-0.25, -0.2) is 0 Å². The van der Waals surface area contributed by atoms with E-state index in [1.807, 2.05) is 17.5 Å². The van der Waals surface area contributed by atoms with E-state index in [-0.39, 0.29) is 23.6 Å². The second-order valence-electron chi connectivity index (χ2n) is 6.74. The molecule has 1 aliphatic carbocycles. The van der Waals surface area contributed by atoms with Gasteiger partial charge in [-0.1, -0.05) is 23.4 Å². The Morgan fingerprint density at radius 1 is 1.21 bits per heavy atom. The molecule has 3 aromatic heterocycles. The molecule has 0 bridgehead atoms. The van der Waals surface area contributed by atoms with Crippen LogP contribution in [-0.4, -0.2) is 27.4 Å². The zero-order valence-corrected chi connectivity index (χ0v) is 16.7. The molecule has 0 radical (unpaired) electrons. The quantitative estimate of drug-likeness (QED) is 0.614. The number of carbonyl (C=O) groups is 2. The zero-order chi connectivity index (χ0) is 19.3. The third-order valence-corrected chi connectivity index (χ3v) is 6.36. The van der Waals surface area contributed by atoms with Crippen LogP contribution in [0.4, 0.5) is 0 Å². The molecule has 28 heavy (non-hydrogen) atoms. The van der Waals surface area contributed by atoms with Crippen LogP contribution in [0.5, 0.6) is 0 Å². The highest BCUT2D eigenvalue weighted by Crippen LogP contribution is 2.35. The Kier molecular flexibility index (Phi) is 5.82. The fourth-order valence-electron chi connectivity index (χ4n) is 3.54. The van der Waals surface area contributed by atoms with Gasteiger partial charge in [0.25, 0.3) is 5.91 Å². The Bertz CT molecular complexity index is 888. The highest BCUT2D eigenvalue weighted by Gasteiger charge is 2.36. The van der Waals surface area contributed by atoms with Crippen LogP contribution >= 0.6 is 22.9 Å². The summed E-state index contributed by atoms with van der Waals surface area (Å²) >= 11 is 2.59. The number of nitrogens with one attached hydrogen (secondary N) is 2. The smallest absolute Gasteiger partial charge is 0.273 e. The highest BCUT2D eigenvalue weighted by atomic mass is 32.1. The van der Waals surface area contributed by atoms with Crippen molar-refractivity contribution >= 4 is 34.7 Å². The second kappa shape index (κ2) is 8.66. The summed E-state index contributed by atoms with van der Waals surface area (Å²) in [5, 5.41) is 13.4. The number of furan rings is 1. The van der Waals surface area contributed by atoms with Gasteiger partial charge in [-0.15, -0.1) is 16.4 Å². The standard InChI is InChI=1S/C19H20N4O3S2/c24-18(13-11-28-23-22-13)21-17(14-7-3-9-26-14)16(15-8-4-10-27-15)19(25)20-12-5-1-2-6-12/h3-4,7-12,16-17H,1-2,5-6H2,(H,20,25)(H,21,24). The van der Waals surface area contributed by atoms with E-state index in [2.05, 4.69) is 20.2 Å². The molecule has 0 aliphatic heterocycles. The summed E-state index contributed by atoms with van der Waals surface area (Å²) in [5.74, 6) is -0.559. The van der Waals surface area contributed by atoms with Crippen molar-refractivity contribution in [2.75, 3.05) is 0 Å². The second-order valence-corrected chi connectivity index (χ2v) is 8.33. The molecule has 1 saturated carbocycles. The molecule has 0 spiro atoms. The number of amides is 2. The zero-order valence-electron chi connectivity index (χ0n) is 15.0. The van der Waals surface area contributed by atoms with Gasteiger partial charge < -0.3 is 15.1 Å². The molecule has 2 unspecified atom stereocenters. The molecule has 0 aromatic carbocycles. The molecule has 3 aromatic rings. The van der Waals surface area contributed by atoms with Crippen molar-refractivity contribution in [3.05, 3.63) is 57.6 Å². The maximum absolute atomic E-state index is 13.3. The first-order chi connectivity index (χ1) is 13.7. The van der Waals surface area contributed by atoms with E-state index in [1.165, 1.54) is 11.3 Å². The van der Waals surface area contributed by atoms with Gasteiger partial charge in [0, 0.05) is 16.3 Å². The minimum Gasteiger partial charge on any atom is -0.467 e. The number of aromatic nitrogens is 2. The molecular weight excluding hydrogens is 396 g/mol. The molecule has 7 nitrogen and oxygen atoms in total. The van der Waals surface area contributed by atoms with Crippen LogP contribution in [0, 0.1) is 0 Å². The summed E-state index contributed by atoms with van der Waals surface area (Å²) in [6.07, 6.45) is 5.78. The van der Waals surface area contributed by atoms with Crippen molar-refractivity contribution in [1.82, 2.24) is 20.2 Å². The van der Waals surface area contributed by atoms with Crippen molar-refractivity contribution < 1.29 is 14.0 Å². The summed E-state index contributed by atoms with van der Waals surface area (Å²) in [6.45, 7) is 0. The molecule has 0 saturated heterocycles. The third-order valence-electron chi connectivity index (χ3n) is 4.90. The molecule has 2 amide bonds. The van der Waals surface area contributed by atoms with Crippen LogP contribution in [0.25, 0.3) is 0 Å². The van der Waals surface area contributed by atoms with Crippen molar-refractivity contribution in [2.24, 2.45) is 0 Å². The maximum atomic E-state index is 13.3. The molecule has 2 atom stereocenters. The first-order valence-corrected chi connectivity index (χ1v) is 10.9. The van der Waals surface area contributed by atoms with Crippen LogP contribution in [0.1, 0.15) is 58.8 Å². The number of hydrogen-bond donors (Lipinski definition) is 2. The monoisotopic (exact) mass is 416 g/mol. The van der Waals surface area contributed by atoms with E-state index in [1.54, 1.807) is 23.8 Å².